The summed E-state index contributed by atoms with van der Waals surface area (Å²) < 4.78 is 5.61. The van der Waals surface area contributed by atoms with E-state index in [1.165, 1.54) is 12.8 Å². The van der Waals surface area contributed by atoms with Crippen LogP contribution in [0.4, 0.5) is 0 Å². The van der Waals surface area contributed by atoms with E-state index < -0.39 is 6.10 Å². The Morgan fingerprint density at radius 3 is 2.93 bits per heavy atom. The molecule has 0 aromatic carbocycles. The molecule has 0 radical (unpaired) electrons. The van der Waals surface area contributed by atoms with Crippen LogP contribution in [0.3, 0.4) is 0 Å². The van der Waals surface area contributed by atoms with Crippen molar-refractivity contribution in [3.8, 4) is 0 Å². The molecule has 2 nitrogen and oxygen atoms in total. The standard InChI is InChI=1S/C11H16O2S/c1-2-13-11(8-3-4-8)10(12)9-5-6-14-7-9/h5-8,10-12H,2-4H2,1H3. The van der Waals surface area contributed by atoms with Gasteiger partial charge in [-0.15, -0.1) is 0 Å². The zero-order valence-electron chi connectivity index (χ0n) is 8.35. The Bertz CT molecular complexity index is 267. The van der Waals surface area contributed by atoms with Gasteiger partial charge in [0, 0.05) is 6.61 Å². The number of thiophene rings is 1. The Morgan fingerprint density at radius 1 is 1.64 bits per heavy atom. The van der Waals surface area contributed by atoms with E-state index in [0.29, 0.717) is 12.5 Å². The van der Waals surface area contributed by atoms with Crippen LogP contribution in [0.1, 0.15) is 31.4 Å². The van der Waals surface area contributed by atoms with Crippen LogP contribution < -0.4 is 0 Å². The average molecular weight is 212 g/mol. The maximum absolute atomic E-state index is 10.1. The van der Waals surface area contributed by atoms with Gasteiger partial charge >= 0.3 is 0 Å². The highest BCUT2D eigenvalue weighted by atomic mass is 32.1. The highest BCUT2D eigenvalue weighted by molar-refractivity contribution is 7.07. The van der Waals surface area contributed by atoms with Crippen LogP contribution in [-0.2, 0) is 4.74 Å². The second-order valence-corrected chi connectivity index (χ2v) is 4.54. The molecule has 0 bridgehead atoms. The SMILES string of the molecule is CCOC(C1CC1)C(O)c1ccsc1. The predicted molar refractivity (Wildman–Crippen MR) is 57.4 cm³/mol. The quantitative estimate of drug-likeness (QED) is 0.813. The largest absolute Gasteiger partial charge is 0.386 e. The van der Waals surface area contributed by atoms with Gasteiger partial charge in [-0.2, -0.15) is 11.3 Å². The number of rotatable bonds is 5. The minimum absolute atomic E-state index is 0.00889. The minimum Gasteiger partial charge on any atom is -0.386 e. The molecule has 1 aromatic heterocycles. The summed E-state index contributed by atoms with van der Waals surface area (Å²) in [5, 5.41) is 14.1. The van der Waals surface area contributed by atoms with Crippen molar-refractivity contribution in [2.24, 2.45) is 5.92 Å². The van der Waals surface area contributed by atoms with Crippen LogP contribution in [0.5, 0.6) is 0 Å². The molecule has 0 saturated heterocycles. The summed E-state index contributed by atoms with van der Waals surface area (Å²) >= 11 is 1.62. The maximum Gasteiger partial charge on any atom is 0.106 e. The van der Waals surface area contributed by atoms with E-state index in [1.54, 1.807) is 11.3 Å². The molecular formula is C11H16O2S. The normalized spacial score (nSPS) is 20.7. The van der Waals surface area contributed by atoms with Gasteiger partial charge in [-0.05, 0) is 48.1 Å². The van der Waals surface area contributed by atoms with Crippen molar-refractivity contribution in [2.75, 3.05) is 6.61 Å². The molecule has 1 fully saturated rings. The Labute approximate surface area is 88.5 Å². The smallest absolute Gasteiger partial charge is 0.106 e. The minimum atomic E-state index is -0.436. The van der Waals surface area contributed by atoms with Crippen molar-refractivity contribution in [3.05, 3.63) is 22.4 Å². The molecule has 3 heteroatoms. The van der Waals surface area contributed by atoms with Gasteiger partial charge in [-0.25, -0.2) is 0 Å². The molecule has 14 heavy (non-hydrogen) atoms. The fourth-order valence-corrected chi connectivity index (χ4v) is 2.42. The summed E-state index contributed by atoms with van der Waals surface area (Å²) in [4.78, 5) is 0. The van der Waals surface area contributed by atoms with E-state index in [0.717, 1.165) is 5.56 Å². The molecule has 1 aliphatic carbocycles. The van der Waals surface area contributed by atoms with E-state index in [1.807, 2.05) is 23.8 Å². The van der Waals surface area contributed by atoms with Gasteiger partial charge < -0.3 is 9.84 Å². The summed E-state index contributed by atoms with van der Waals surface area (Å²) in [6, 6.07) is 1.98. The van der Waals surface area contributed by atoms with Gasteiger partial charge in [-0.1, -0.05) is 0 Å². The zero-order valence-corrected chi connectivity index (χ0v) is 9.17. The lowest BCUT2D eigenvalue weighted by Gasteiger charge is -2.21. The Hall–Kier alpha value is -0.380. The van der Waals surface area contributed by atoms with E-state index in [2.05, 4.69) is 0 Å². The molecule has 0 amide bonds. The van der Waals surface area contributed by atoms with Crippen LogP contribution in [0.2, 0.25) is 0 Å². The fourth-order valence-electron chi connectivity index (χ4n) is 1.74. The van der Waals surface area contributed by atoms with E-state index in [4.69, 9.17) is 4.74 Å². The summed E-state index contributed by atoms with van der Waals surface area (Å²) in [7, 11) is 0. The Kier molecular flexibility index (Phi) is 3.21. The van der Waals surface area contributed by atoms with E-state index in [-0.39, 0.29) is 6.10 Å². The van der Waals surface area contributed by atoms with Gasteiger partial charge in [0.1, 0.15) is 6.10 Å². The van der Waals surface area contributed by atoms with Crippen LogP contribution in [0.25, 0.3) is 0 Å². The topological polar surface area (TPSA) is 29.5 Å². The van der Waals surface area contributed by atoms with Crippen molar-refractivity contribution in [1.29, 1.82) is 0 Å². The molecular weight excluding hydrogens is 196 g/mol. The van der Waals surface area contributed by atoms with Crippen molar-refractivity contribution in [2.45, 2.75) is 32.0 Å². The molecule has 1 saturated carbocycles. The van der Waals surface area contributed by atoms with Gasteiger partial charge in [-0.3, -0.25) is 0 Å². The molecule has 2 rings (SSSR count). The Morgan fingerprint density at radius 2 is 2.43 bits per heavy atom. The first kappa shape index (κ1) is 10.1. The van der Waals surface area contributed by atoms with Crippen LogP contribution in [0.15, 0.2) is 16.8 Å². The van der Waals surface area contributed by atoms with Gasteiger partial charge in [0.05, 0.1) is 6.10 Å². The number of aliphatic hydroxyl groups excluding tert-OH is 1. The molecule has 1 aromatic rings. The molecule has 2 unspecified atom stereocenters. The zero-order chi connectivity index (χ0) is 9.97. The second kappa shape index (κ2) is 4.43. The number of ether oxygens (including phenoxy) is 1. The third-order valence-electron chi connectivity index (χ3n) is 2.64. The van der Waals surface area contributed by atoms with Gasteiger partial charge in [0.15, 0.2) is 0 Å². The molecule has 1 heterocycles. The monoisotopic (exact) mass is 212 g/mol. The van der Waals surface area contributed by atoms with Crippen LogP contribution in [-0.4, -0.2) is 17.8 Å². The molecule has 0 aliphatic heterocycles. The highest BCUT2D eigenvalue weighted by Gasteiger charge is 2.37. The number of aliphatic hydroxyl groups is 1. The molecule has 1 N–H and O–H groups in total. The first-order chi connectivity index (χ1) is 6.83. The molecule has 0 spiro atoms. The van der Waals surface area contributed by atoms with Crippen molar-refractivity contribution >= 4 is 11.3 Å². The summed E-state index contributed by atoms with van der Waals surface area (Å²) in [5.74, 6) is 0.574. The highest BCUT2D eigenvalue weighted by Crippen LogP contribution is 2.40. The lowest BCUT2D eigenvalue weighted by Crippen LogP contribution is -2.24. The molecule has 78 valence electrons. The van der Waals surface area contributed by atoms with E-state index >= 15 is 0 Å². The molecule has 2 atom stereocenters. The first-order valence-electron chi connectivity index (χ1n) is 5.14. The third kappa shape index (κ3) is 2.16. The lowest BCUT2D eigenvalue weighted by atomic mass is 10.0. The summed E-state index contributed by atoms with van der Waals surface area (Å²) in [6.45, 7) is 2.66. The fraction of sp³-hybridized carbons (Fsp3) is 0.636. The third-order valence-corrected chi connectivity index (χ3v) is 3.34. The lowest BCUT2D eigenvalue weighted by molar-refractivity contribution is -0.0460. The summed E-state index contributed by atoms with van der Waals surface area (Å²) in [6.07, 6.45) is 1.97. The number of hydrogen-bond acceptors (Lipinski definition) is 3. The van der Waals surface area contributed by atoms with E-state index in [9.17, 15) is 5.11 Å². The Balaban J connectivity index is 2.02. The predicted octanol–water partition coefficient (Wildman–Crippen LogP) is 2.60. The first-order valence-corrected chi connectivity index (χ1v) is 6.09. The average Bonchev–Trinajstić information content (AvgIpc) is 2.88. The van der Waals surface area contributed by atoms with Crippen molar-refractivity contribution < 1.29 is 9.84 Å². The van der Waals surface area contributed by atoms with Gasteiger partial charge in [0.2, 0.25) is 0 Å². The van der Waals surface area contributed by atoms with Crippen molar-refractivity contribution in [1.82, 2.24) is 0 Å². The summed E-state index contributed by atoms with van der Waals surface area (Å²) in [5.41, 5.74) is 1.00. The second-order valence-electron chi connectivity index (χ2n) is 3.76. The van der Waals surface area contributed by atoms with Crippen LogP contribution >= 0.6 is 11.3 Å². The maximum atomic E-state index is 10.1. The number of hydrogen-bond donors (Lipinski definition) is 1. The van der Waals surface area contributed by atoms with Crippen molar-refractivity contribution in [3.63, 3.8) is 0 Å². The van der Waals surface area contributed by atoms with Gasteiger partial charge in [0.25, 0.3) is 0 Å². The van der Waals surface area contributed by atoms with Crippen LogP contribution in [0, 0.1) is 5.92 Å². The molecule has 1 aliphatic rings.